The number of Topliss-reactive ketones (excluding diaryl/α,β-unsaturated/α-hetero) is 1. The lowest BCUT2D eigenvalue weighted by Gasteiger charge is -2.25. The number of pyridine rings is 1. The highest BCUT2D eigenvalue weighted by molar-refractivity contribution is 7.15. The molecule has 0 aromatic carbocycles. The van der Waals surface area contributed by atoms with E-state index >= 15 is 0 Å². The van der Waals surface area contributed by atoms with Crippen molar-refractivity contribution < 1.29 is 23.9 Å². The Morgan fingerprint density at radius 3 is 2.29 bits per heavy atom. The molecule has 0 radical (unpaired) electrons. The average Bonchev–Trinajstić information content (AvgIpc) is 3.65. The number of nitrogens with zero attached hydrogens (tertiary/aromatic N) is 6. The first-order chi connectivity index (χ1) is 20.4. The summed E-state index contributed by atoms with van der Waals surface area (Å²) >= 11 is 2.78. The van der Waals surface area contributed by atoms with Gasteiger partial charge in [-0.25, -0.2) is 0 Å². The van der Waals surface area contributed by atoms with Crippen LogP contribution in [0.1, 0.15) is 72.5 Å². The summed E-state index contributed by atoms with van der Waals surface area (Å²) in [6.07, 6.45) is 8.06. The molecule has 0 bridgehead atoms. The van der Waals surface area contributed by atoms with Gasteiger partial charge in [0.15, 0.2) is 5.78 Å². The standard InChI is InChI=1S/C27H32N8O5S2/c1-39-9-10-40-21-8-6-19(29-15-21)13-23(38)31-27-35-33-25(42-27)17-4-2-3-16(11-17)24-32-34-26(41-24)30-22(37)12-18-5-7-20(36)14-28-18/h6,8,14-18H,2-5,7,9-13H2,1H3,(H,30,34,37)(H,31,35,38). The summed E-state index contributed by atoms with van der Waals surface area (Å²) in [4.78, 5) is 44.8. The van der Waals surface area contributed by atoms with Crippen LogP contribution >= 0.6 is 22.7 Å². The highest BCUT2D eigenvalue weighted by Gasteiger charge is 2.30. The molecule has 15 heteroatoms. The Morgan fingerprint density at radius 1 is 0.952 bits per heavy atom. The lowest BCUT2D eigenvalue weighted by molar-refractivity contribution is -0.117. The van der Waals surface area contributed by atoms with Crippen LogP contribution in [-0.2, 0) is 25.5 Å². The van der Waals surface area contributed by atoms with E-state index in [4.69, 9.17) is 9.47 Å². The zero-order valence-corrected chi connectivity index (χ0v) is 24.8. The Hall–Kier alpha value is -3.69. The smallest absolute Gasteiger partial charge is 0.232 e. The van der Waals surface area contributed by atoms with Crippen LogP contribution in [0.4, 0.5) is 10.3 Å². The molecule has 4 heterocycles. The van der Waals surface area contributed by atoms with Crippen LogP contribution < -0.4 is 15.4 Å². The van der Waals surface area contributed by atoms with Crippen LogP contribution in [0.15, 0.2) is 23.3 Å². The number of hydrogen-bond donors (Lipinski definition) is 2. The predicted molar refractivity (Wildman–Crippen MR) is 157 cm³/mol. The van der Waals surface area contributed by atoms with E-state index in [9.17, 15) is 14.4 Å². The number of aromatic nitrogens is 5. The van der Waals surface area contributed by atoms with Crippen molar-refractivity contribution in [3.05, 3.63) is 34.0 Å². The fraction of sp³-hybridized carbons (Fsp3) is 0.519. The number of nitrogens with one attached hydrogen (secondary N) is 2. The van der Waals surface area contributed by atoms with Crippen LogP contribution in [-0.4, -0.2) is 75.6 Å². The Kier molecular flexibility index (Phi) is 10.3. The van der Waals surface area contributed by atoms with E-state index in [-0.39, 0.29) is 48.3 Å². The van der Waals surface area contributed by atoms with Gasteiger partial charge in [0.25, 0.3) is 0 Å². The summed E-state index contributed by atoms with van der Waals surface area (Å²) < 4.78 is 10.5. The Morgan fingerprint density at radius 2 is 1.67 bits per heavy atom. The Bertz CT molecular complexity index is 1410. The number of aliphatic imine (C=N–C) groups is 1. The van der Waals surface area contributed by atoms with Gasteiger partial charge in [0, 0.05) is 37.5 Å². The summed E-state index contributed by atoms with van der Waals surface area (Å²) in [5.41, 5.74) is 0.623. The highest BCUT2D eigenvalue weighted by Crippen LogP contribution is 2.43. The molecular weight excluding hydrogens is 580 g/mol. The minimum atomic E-state index is -0.216. The third-order valence-corrected chi connectivity index (χ3v) is 9.02. The second kappa shape index (κ2) is 14.5. The molecule has 3 aromatic rings. The molecule has 2 aliphatic rings. The zero-order valence-electron chi connectivity index (χ0n) is 23.2. The largest absolute Gasteiger partial charge is 0.490 e. The number of carbonyl (C=O) groups is 3. The van der Waals surface area contributed by atoms with E-state index in [0.717, 1.165) is 35.7 Å². The molecule has 222 valence electrons. The van der Waals surface area contributed by atoms with Gasteiger partial charge in [-0.05, 0) is 37.8 Å². The van der Waals surface area contributed by atoms with Crippen molar-refractivity contribution >= 4 is 56.7 Å². The molecule has 1 aliphatic carbocycles. The number of methoxy groups -OCH3 is 1. The average molecular weight is 613 g/mol. The number of rotatable bonds is 12. The van der Waals surface area contributed by atoms with Crippen LogP contribution in [0.25, 0.3) is 0 Å². The molecule has 0 saturated heterocycles. The van der Waals surface area contributed by atoms with E-state index in [1.165, 1.54) is 28.9 Å². The van der Waals surface area contributed by atoms with Gasteiger partial charge in [0.1, 0.15) is 22.4 Å². The molecule has 3 unspecified atom stereocenters. The second-order valence-corrected chi connectivity index (χ2v) is 12.2. The third kappa shape index (κ3) is 8.42. The highest BCUT2D eigenvalue weighted by atomic mass is 32.1. The first-order valence-corrected chi connectivity index (χ1v) is 15.5. The minimum Gasteiger partial charge on any atom is -0.490 e. The summed E-state index contributed by atoms with van der Waals surface area (Å²) in [6.45, 7) is 0.919. The van der Waals surface area contributed by atoms with E-state index in [0.29, 0.717) is 47.8 Å². The molecular formula is C27H32N8O5S2. The monoisotopic (exact) mass is 612 g/mol. The summed E-state index contributed by atoms with van der Waals surface area (Å²) in [5.74, 6) is 0.630. The van der Waals surface area contributed by atoms with E-state index in [1.54, 1.807) is 25.4 Å². The van der Waals surface area contributed by atoms with Gasteiger partial charge in [-0.1, -0.05) is 29.1 Å². The van der Waals surface area contributed by atoms with Crippen molar-refractivity contribution in [2.45, 2.75) is 69.2 Å². The number of hydrogen-bond acceptors (Lipinski definition) is 13. The van der Waals surface area contributed by atoms with Crippen LogP contribution in [0.2, 0.25) is 0 Å². The Balaban J connectivity index is 1.10. The van der Waals surface area contributed by atoms with E-state index < -0.39 is 0 Å². The fourth-order valence-electron chi connectivity index (χ4n) is 4.89. The number of carbonyl (C=O) groups excluding carboxylic acids is 3. The lowest BCUT2D eigenvalue weighted by Crippen LogP contribution is -2.23. The second-order valence-electron chi connectivity index (χ2n) is 10.2. The van der Waals surface area contributed by atoms with Gasteiger partial charge in [-0.15, -0.1) is 20.4 Å². The fourth-order valence-corrected chi connectivity index (χ4v) is 6.70. The normalized spacial score (nSPS) is 20.3. The van der Waals surface area contributed by atoms with Gasteiger partial charge < -0.3 is 20.1 Å². The van der Waals surface area contributed by atoms with E-state index in [1.807, 2.05) is 0 Å². The quantitative estimate of drug-likeness (QED) is 0.288. The first kappa shape index (κ1) is 29.8. The molecule has 1 fully saturated rings. The summed E-state index contributed by atoms with van der Waals surface area (Å²) in [6, 6.07) is 3.36. The topological polar surface area (TPSA) is 171 Å². The van der Waals surface area contributed by atoms with E-state index in [2.05, 4.69) is 41.0 Å². The molecule has 3 atom stereocenters. The number of ketones is 1. The van der Waals surface area contributed by atoms with Gasteiger partial charge in [0.05, 0.1) is 31.5 Å². The molecule has 2 N–H and O–H groups in total. The van der Waals surface area contributed by atoms with Crippen molar-refractivity contribution in [3.8, 4) is 5.75 Å². The zero-order chi connectivity index (χ0) is 29.3. The van der Waals surface area contributed by atoms with Gasteiger partial charge in [-0.2, -0.15) is 0 Å². The van der Waals surface area contributed by atoms with Crippen LogP contribution in [0.3, 0.4) is 0 Å². The number of ether oxygens (including phenoxy) is 2. The summed E-state index contributed by atoms with van der Waals surface area (Å²) in [5, 5.41) is 25.5. The Labute approximate surface area is 250 Å². The van der Waals surface area contributed by atoms with Crippen molar-refractivity contribution in [3.63, 3.8) is 0 Å². The maximum atomic E-state index is 12.6. The third-order valence-electron chi connectivity index (χ3n) is 7.02. The first-order valence-electron chi connectivity index (χ1n) is 13.8. The molecule has 42 heavy (non-hydrogen) atoms. The maximum absolute atomic E-state index is 12.6. The van der Waals surface area contributed by atoms with Crippen molar-refractivity contribution in [2.75, 3.05) is 31.0 Å². The molecule has 1 saturated carbocycles. The minimum absolute atomic E-state index is 0.000876. The molecule has 2 amide bonds. The van der Waals surface area contributed by atoms with Gasteiger partial charge >= 0.3 is 0 Å². The maximum Gasteiger partial charge on any atom is 0.232 e. The predicted octanol–water partition coefficient (Wildman–Crippen LogP) is 3.56. The molecule has 1 aliphatic heterocycles. The van der Waals surface area contributed by atoms with Crippen LogP contribution in [0, 0.1) is 0 Å². The summed E-state index contributed by atoms with van der Waals surface area (Å²) in [7, 11) is 1.61. The SMILES string of the molecule is COCCOc1ccc(CC(=O)Nc2nnc(C3CCCC(c4nnc(NC(=O)CC5CCC(=O)C=N5)s4)C3)s2)nc1. The number of anilines is 2. The van der Waals surface area contributed by atoms with Gasteiger partial charge in [-0.3, -0.25) is 24.4 Å². The number of amides is 2. The van der Waals surface area contributed by atoms with Crippen molar-refractivity contribution in [1.29, 1.82) is 0 Å². The van der Waals surface area contributed by atoms with Crippen molar-refractivity contribution in [1.82, 2.24) is 25.4 Å². The molecule has 5 rings (SSSR count). The van der Waals surface area contributed by atoms with Crippen LogP contribution in [0.5, 0.6) is 5.75 Å². The molecule has 0 spiro atoms. The lowest BCUT2D eigenvalue weighted by atomic mass is 9.82. The molecule has 13 nitrogen and oxygen atoms in total. The van der Waals surface area contributed by atoms with Gasteiger partial charge in [0.2, 0.25) is 22.1 Å². The van der Waals surface area contributed by atoms with Crippen molar-refractivity contribution in [2.24, 2.45) is 4.99 Å². The molecule has 3 aromatic heterocycles.